The van der Waals surface area contributed by atoms with Gasteiger partial charge in [-0.25, -0.2) is 4.98 Å². The summed E-state index contributed by atoms with van der Waals surface area (Å²) in [4.78, 5) is 19.1. The number of aromatic nitrogens is 2. The summed E-state index contributed by atoms with van der Waals surface area (Å²) in [7, 11) is 0. The van der Waals surface area contributed by atoms with Crippen LogP contribution in [0.3, 0.4) is 0 Å². The zero-order valence-electron chi connectivity index (χ0n) is 17.9. The Kier molecular flexibility index (Phi) is 9.40. The van der Waals surface area contributed by atoms with E-state index in [1.807, 2.05) is 24.3 Å². The first-order valence-corrected chi connectivity index (χ1v) is 12.4. The van der Waals surface area contributed by atoms with Crippen molar-refractivity contribution in [3.05, 3.63) is 40.7 Å². The van der Waals surface area contributed by atoms with Crippen LogP contribution in [0.1, 0.15) is 69.7 Å². The van der Waals surface area contributed by atoms with Crippen molar-refractivity contribution >= 4 is 34.2 Å². The molecule has 164 valence electrons. The third kappa shape index (κ3) is 7.55. The van der Waals surface area contributed by atoms with Gasteiger partial charge in [-0.05, 0) is 42.9 Å². The highest BCUT2D eigenvalue weighted by Crippen LogP contribution is 2.25. The summed E-state index contributed by atoms with van der Waals surface area (Å²) in [6, 6.07) is 7.85. The zero-order chi connectivity index (χ0) is 21.2. The average Bonchev–Trinajstić information content (AvgIpc) is 3.22. The van der Waals surface area contributed by atoms with Gasteiger partial charge in [0.05, 0.1) is 0 Å². The van der Waals surface area contributed by atoms with E-state index in [0.717, 1.165) is 61.3 Å². The van der Waals surface area contributed by atoms with Gasteiger partial charge in [-0.15, -0.1) is 0 Å². The van der Waals surface area contributed by atoms with Gasteiger partial charge in [-0.1, -0.05) is 56.3 Å². The van der Waals surface area contributed by atoms with Gasteiger partial charge in [0, 0.05) is 49.0 Å². The molecule has 2 aromatic rings. The second kappa shape index (κ2) is 12.3. The molecule has 0 atom stereocenters. The van der Waals surface area contributed by atoms with Gasteiger partial charge in [-0.2, -0.15) is 4.37 Å². The van der Waals surface area contributed by atoms with Crippen molar-refractivity contribution in [2.45, 2.75) is 64.7 Å². The third-order valence-electron chi connectivity index (χ3n) is 5.71. The highest BCUT2D eigenvalue weighted by atomic mass is 35.5. The molecule has 0 saturated carbocycles. The van der Waals surface area contributed by atoms with Crippen molar-refractivity contribution in [1.29, 1.82) is 0 Å². The van der Waals surface area contributed by atoms with E-state index >= 15 is 0 Å². The lowest BCUT2D eigenvalue weighted by atomic mass is 9.97. The lowest BCUT2D eigenvalue weighted by molar-refractivity contribution is -0.121. The van der Waals surface area contributed by atoms with E-state index in [2.05, 4.69) is 21.5 Å². The summed E-state index contributed by atoms with van der Waals surface area (Å²) in [5.41, 5.74) is 1.17. The van der Waals surface area contributed by atoms with Crippen LogP contribution in [-0.4, -0.2) is 34.9 Å². The first kappa shape index (κ1) is 23.0. The fraction of sp³-hybridized carbons (Fsp3) is 0.609. The number of nitrogens with zero attached hydrogens (tertiary/aromatic N) is 3. The van der Waals surface area contributed by atoms with E-state index in [9.17, 15) is 4.79 Å². The Balaban J connectivity index is 1.35. The monoisotopic (exact) mass is 448 g/mol. The highest BCUT2D eigenvalue weighted by Gasteiger charge is 2.22. The van der Waals surface area contributed by atoms with Crippen LogP contribution in [0.15, 0.2) is 24.3 Å². The van der Waals surface area contributed by atoms with Crippen LogP contribution >= 0.6 is 23.1 Å². The van der Waals surface area contributed by atoms with Crippen LogP contribution in [0, 0.1) is 5.92 Å². The van der Waals surface area contributed by atoms with Crippen molar-refractivity contribution in [1.82, 2.24) is 14.7 Å². The topological polar surface area (TPSA) is 58.1 Å². The van der Waals surface area contributed by atoms with Crippen LogP contribution < -0.4 is 10.2 Å². The van der Waals surface area contributed by atoms with E-state index in [-0.39, 0.29) is 5.91 Å². The summed E-state index contributed by atoms with van der Waals surface area (Å²) in [5.74, 6) is 1.64. The van der Waals surface area contributed by atoms with Gasteiger partial charge < -0.3 is 10.2 Å². The maximum absolute atomic E-state index is 12.0. The Morgan fingerprint density at radius 1 is 1.17 bits per heavy atom. The number of benzene rings is 1. The lowest BCUT2D eigenvalue weighted by Crippen LogP contribution is -2.38. The number of nitrogens with one attached hydrogen (secondary N) is 1. The zero-order valence-corrected chi connectivity index (χ0v) is 19.5. The minimum absolute atomic E-state index is 0.213. The molecule has 30 heavy (non-hydrogen) atoms. The molecule has 1 aliphatic rings. The molecule has 1 amide bonds. The molecule has 0 bridgehead atoms. The molecule has 1 aromatic carbocycles. The first-order valence-electron chi connectivity index (χ1n) is 11.2. The number of anilines is 1. The van der Waals surface area contributed by atoms with Gasteiger partial charge in [0.25, 0.3) is 0 Å². The summed E-state index contributed by atoms with van der Waals surface area (Å²) in [6.07, 6.45) is 9.52. The maximum atomic E-state index is 12.0. The quantitative estimate of drug-likeness (QED) is 0.462. The predicted molar refractivity (Wildman–Crippen MR) is 125 cm³/mol. The fourth-order valence-electron chi connectivity index (χ4n) is 3.79. The number of piperidine rings is 1. The van der Waals surface area contributed by atoms with Gasteiger partial charge in [0.15, 0.2) is 0 Å². The number of halogens is 1. The predicted octanol–water partition coefficient (Wildman–Crippen LogP) is 5.48. The maximum Gasteiger partial charge on any atom is 0.220 e. The van der Waals surface area contributed by atoms with Crippen molar-refractivity contribution in [3.8, 4) is 0 Å². The van der Waals surface area contributed by atoms with Crippen LogP contribution in [0.4, 0.5) is 5.13 Å². The Hall–Kier alpha value is -1.66. The molecular weight excluding hydrogens is 416 g/mol. The van der Waals surface area contributed by atoms with Gasteiger partial charge in [-0.3, -0.25) is 4.79 Å². The van der Waals surface area contributed by atoms with Crippen LogP contribution in [0.2, 0.25) is 5.02 Å². The molecular formula is C23H33ClN4OS. The molecule has 0 radical (unpaired) electrons. The molecule has 1 aliphatic heterocycles. The summed E-state index contributed by atoms with van der Waals surface area (Å²) in [5, 5.41) is 4.90. The van der Waals surface area contributed by atoms with Crippen molar-refractivity contribution < 1.29 is 4.79 Å². The van der Waals surface area contributed by atoms with Gasteiger partial charge in [0.1, 0.15) is 5.82 Å². The van der Waals surface area contributed by atoms with Crippen molar-refractivity contribution in [3.63, 3.8) is 0 Å². The highest BCUT2D eigenvalue weighted by molar-refractivity contribution is 7.09. The number of hydrogen-bond donors (Lipinski definition) is 1. The van der Waals surface area contributed by atoms with E-state index in [0.29, 0.717) is 12.3 Å². The molecule has 0 spiro atoms. The minimum Gasteiger partial charge on any atom is -0.356 e. The number of amides is 1. The molecule has 7 heteroatoms. The van der Waals surface area contributed by atoms with E-state index in [1.54, 1.807) is 0 Å². The summed E-state index contributed by atoms with van der Waals surface area (Å²) < 4.78 is 4.53. The smallest absolute Gasteiger partial charge is 0.220 e. The Bertz CT molecular complexity index is 772. The SMILES string of the molecule is CCCCCCCC(=O)NCC1CCN(c2nc(Cc3ccc(Cl)cc3)ns2)CC1. The molecule has 3 rings (SSSR count). The molecule has 1 fully saturated rings. The lowest BCUT2D eigenvalue weighted by Gasteiger charge is -2.31. The summed E-state index contributed by atoms with van der Waals surface area (Å²) >= 11 is 7.43. The Morgan fingerprint density at radius 3 is 2.63 bits per heavy atom. The standard InChI is InChI=1S/C23H33ClN4OS/c1-2-3-4-5-6-7-22(29)25-17-19-12-14-28(15-13-19)23-26-21(27-30-23)16-18-8-10-20(24)11-9-18/h8-11,19H,2-7,12-17H2,1H3,(H,25,29). The van der Waals surface area contributed by atoms with Crippen LogP contribution in [0.5, 0.6) is 0 Å². The number of carbonyl (C=O) groups is 1. The number of unbranched alkanes of at least 4 members (excludes halogenated alkanes) is 4. The number of hydrogen-bond acceptors (Lipinski definition) is 5. The number of carbonyl (C=O) groups excluding carboxylic acids is 1. The third-order valence-corrected chi connectivity index (χ3v) is 6.78. The molecule has 5 nitrogen and oxygen atoms in total. The normalized spacial score (nSPS) is 14.8. The fourth-order valence-corrected chi connectivity index (χ4v) is 4.66. The van der Waals surface area contributed by atoms with E-state index in [4.69, 9.17) is 16.6 Å². The first-order chi connectivity index (χ1) is 14.6. The van der Waals surface area contributed by atoms with E-state index < -0.39 is 0 Å². The minimum atomic E-state index is 0.213. The molecule has 2 heterocycles. The van der Waals surface area contributed by atoms with Gasteiger partial charge >= 0.3 is 0 Å². The van der Waals surface area contributed by atoms with Gasteiger partial charge in [0.2, 0.25) is 11.0 Å². The average molecular weight is 449 g/mol. The molecule has 1 N–H and O–H groups in total. The second-order valence-corrected chi connectivity index (χ2v) is 9.36. The number of rotatable bonds is 11. The molecule has 0 unspecified atom stereocenters. The van der Waals surface area contributed by atoms with E-state index in [1.165, 1.54) is 42.8 Å². The molecule has 0 aliphatic carbocycles. The largest absolute Gasteiger partial charge is 0.356 e. The summed E-state index contributed by atoms with van der Waals surface area (Å²) in [6.45, 7) is 4.98. The Morgan fingerprint density at radius 2 is 1.90 bits per heavy atom. The van der Waals surface area contributed by atoms with Crippen LogP contribution in [-0.2, 0) is 11.2 Å². The second-order valence-electron chi connectivity index (χ2n) is 8.20. The van der Waals surface area contributed by atoms with Crippen molar-refractivity contribution in [2.24, 2.45) is 5.92 Å². The molecule has 1 aromatic heterocycles. The molecule has 1 saturated heterocycles. The van der Waals surface area contributed by atoms with Crippen LogP contribution in [0.25, 0.3) is 0 Å². The van der Waals surface area contributed by atoms with Crippen molar-refractivity contribution in [2.75, 3.05) is 24.5 Å². The Labute approximate surface area is 189 Å².